The maximum atomic E-state index is 9.55. The van der Waals surface area contributed by atoms with E-state index in [1.54, 1.807) is 0 Å². The highest BCUT2D eigenvalue weighted by molar-refractivity contribution is 7.19. The first-order valence-electron chi connectivity index (χ1n) is 6.91. The van der Waals surface area contributed by atoms with Crippen LogP contribution in [0.2, 0.25) is 4.34 Å². The molecule has 7 nitrogen and oxygen atoms in total. The lowest BCUT2D eigenvalue weighted by molar-refractivity contribution is -0.134. The predicted octanol–water partition coefficient (Wildman–Crippen LogP) is 2.37. The predicted molar refractivity (Wildman–Crippen MR) is 95.2 cm³/mol. The number of thiazole rings is 1. The Bertz CT molecular complexity index is 654. The van der Waals surface area contributed by atoms with Crippen LogP contribution >= 0.6 is 22.9 Å². The van der Waals surface area contributed by atoms with Crippen molar-refractivity contribution in [1.82, 2.24) is 9.88 Å². The number of hydrogen-bond donors (Lipinski definition) is 3. The van der Waals surface area contributed by atoms with E-state index in [4.69, 9.17) is 27.5 Å². The zero-order valence-corrected chi connectivity index (χ0v) is 14.4. The van der Waals surface area contributed by atoms with Gasteiger partial charge in [-0.05, 0) is 12.0 Å². The maximum Gasteiger partial charge on any atom is 0.328 e. The molecule has 2 rings (SSSR count). The van der Waals surface area contributed by atoms with E-state index < -0.39 is 11.9 Å². The molecule has 1 aromatic rings. The molecule has 4 N–H and O–H groups in total. The Balaban J connectivity index is 0.000000307. The molecule has 24 heavy (non-hydrogen) atoms. The van der Waals surface area contributed by atoms with E-state index in [2.05, 4.69) is 22.5 Å². The molecule has 0 unspecified atom stereocenters. The molecule has 0 atom stereocenters. The number of hydrogen-bond acceptors (Lipinski definition) is 6. The van der Waals surface area contributed by atoms with Crippen LogP contribution in [0.3, 0.4) is 0 Å². The molecule has 0 saturated carbocycles. The number of nitrogens with two attached hydrogens (primary N) is 1. The first kappa shape index (κ1) is 19.9. The summed E-state index contributed by atoms with van der Waals surface area (Å²) in [6.45, 7) is 6.58. The van der Waals surface area contributed by atoms with E-state index in [1.165, 1.54) is 16.9 Å². The van der Waals surface area contributed by atoms with Crippen molar-refractivity contribution >= 4 is 45.6 Å². The lowest BCUT2D eigenvalue weighted by atomic mass is 10.1. The number of anilines is 1. The number of halogens is 1. The summed E-state index contributed by atoms with van der Waals surface area (Å²) in [5.74, 6) is -2.51. The number of carboxylic acids is 2. The van der Waals surface area contributed by atoms with Crippen LogP contribution in [0.15, 0.2) is 30.9 Å². The van der Waals surface area contributed by atoms with Gasteiger partial charge in [0.2, 0.25) is 0 Å². The van der Waals surface area contributed by atoms with Crippen molar-refractivity contribution in [3.8, 4) is 0 Å². The fraction of sp³-hybridized carbons (Fsp3) is 0.267. The van der Waals surface area contributed by atoms with Gasteiger partial charge in [-0.25, -0.2) is 14.6 Å². The van der Waals surface area contributed by atoms with Crippen molar-refractivity contribution in [2.75, 3.05) is 25.4 Å². The Morgan fingerprint density at radius 1 is 1.42 bits per heavy atom. The average Bonchev–Trinajstić information content (AvgIpc) is 2.85. The third-order valence-corrected chi connectivity index (χ3v) is 3.98. The van der Waals surface area contributed by atoms with Crippen molar-refractivity contribution in [3.63, 3.8) is 0 Å². The summed E-state index contributed by atoms with van der Waals surface area (Å²) in [4.78, 5) is 25.7. The number of carbonyl (C=O) groups is 2. The third kappa shape index (κ3) is 6.95. The number of rotatable bonds is 5. The third-order valence-electron chi connectivity index (χ3n) is 2.89. The lowest BCUT2D eigenvalue weighted by Crippen LogP contribution is -2.29. The number of nitrogen functional groups attached to an aromatic ring is 1. The van der Waals surface area contributed by atoms with Crippen molar-refractivity contribution in [2.24, 2.45) is 0 Å². The van der Waals surface area contributed by atoms with E-state index >= 15 is 0 Å². The van der Waals surface area contributed by atoms with Gasteiger partial charge in [-0.1, -0.05) is 35.1 Å². The number of nitrogens with zero attached hydrogens (tertiary/aromatic N) is 2. The molecule has 0 aliphatic carbocycles. The Morgan fingerprint density at radius 2 is 2.04 bits per heavy atom. The van der Waals surface area contributed by atoms with E-state index in [-0.39, 0.29) is 0 Å². The summed E-state index contributed by atoms with van der Waals surface area (Å²) in [5.41, 5.74) is 7.66. The van der Waals surface area contributed by atoms with E-state index in [1.807, 2.05) is 6.08 Å². The lowest BCUT2D eigenvalue weighted by Gasteiger charge is -2.25. The molecule has 1 aliphatic rings. The molecular weight excluding hydrogens is 354 g/mol. The Morgan fingerprint density at radius 3 is 2.50 bits per heavy atom. The van der Waals surface area contributed by atoms with Gasteiger partial charge in [-0.3, -0.25) is 4.90 Å². The van der Waals surface area contributed by atoms with Crippen LogP contribution in [0.25, 0.3) is 5.57 Å². The number of aromatic nitrogens is 1. The smallest absolute Gasteiger partial charge is 0.328 e. The highest BCUT2D eigenvalue weighted by atomic mass is 35.5. The van der Waals surface area contributed by atoms with Gasteiger partial charge in [-0.2, -0.15) is 0 Å². The van der Waals surface area contributed by atoms with E-state index in [9.17, 15) is 9.59 Å². The van der Waals surface area contributed by atoms with Crippen LogP contribution in [-0.2, 0) is 9.59 Å². The fourth-order valence-corrected chi connectivity index (χ4v) is 2.97. The topological polar surface area (TPSA) is 117 Å². The highest BCUT2D eigenvalue weighted by Gasteiger charge is 2.17. The second-order valence-electron chi connectivity index (χ2n) is 4.73. The molecule has 0 saturated heterocycles. The van der Waals surface area contributed by atoms with Crippen molar-refractivity contribution in [1.29, 1.82) is 0 Å². The Hall–Kier alpha value is -2.16. The molecule has 0 aromatic carbocycles. The van der Waals surface area contributed by atoms with Crippen molar-refractivity contribution < 1.29 is 19.8 Å². The van der Waals surface area contributed by atoms with Gasteiger partial charge < -0.3 is 15.9 Å². The second-order valence-corrected chi connectivity index (χ2v) is 6.36. The summed E-state index contributed by atoms with van der Waals surface area (Å²) < 4.78 is 0.684. The zero-order chi connectivity index (χ0) is 18.1. The fourth-order valence-electron chi connectivity index (χ4n) is 1.97. The van der Waals surface area contributed by atoms with Gasteiger partial charge in [0, 0.05) is 31.8 Å². The van der Waals surface area contributed by atoms with Gasteiger partial charge in [0.15, 0.2) is 5.13 Å². The first-order valence-corrected chi connectivity index (χ1v) is 8.11. The van der Waals surface area contributed by atoms with Crippen LogP contribution in [0, 0.1) is 0 Å². The SMILES string of the molecule is C=CCN1CCC=C(c2nc(N)sc2Cl)C1.O=C(O)/C=C/C(=O)O. The van der Waals surface area contributed by atoms with Crippen molar-refractivity contribution in [3.05, 3.63) is 40.9 Å². The Kier molecular flexibility index (Phi) is 8.17. The number of aliphatic carboxylic acids is 2. The molecule has 9 heteroatoms. The summed E-state index contributed by atoms with van der Waals surface area (Å²) >= 11 is 7.43. The normalized spacial score (nSPS) is 14.6. The molecule has 0 fully saturated rings. The molecule has 1 aliphatic heterocycles. The Labute approximate surface area is 148 Å². The zero-order valence-electron chi connectivity index (χ0n) is 12.8. The van der Waals surface area contributed by atoms with Crippen LogP contribution in [-0.4, -0.2) is 51.7 Å². The first-order chi connectivity index (χ1) is 11.3. The quantitative estimate of drug-likeness (QED) is 0.537. The van der Waals surface area contributed by atoms with Gasteiger partial charge in [0.05, 0.1) is 5.69 Å². The molecule has 0 bridgehead atoms. The second kappa shape index (κ2) is 9.86. The molecular formula is C15H18ClN3O4S. The standard InChI is InChI=1S/C11H14ClN3S.C4H4O4/c1-2-5-15-6-3-4-8(7-15)9-10(12)16-11(13)14-9;5-3(6)1-2-4(7)8/h2,4H,1,3,5-7H2,(H2,13,14);1-2H,(H,5,6)(H,7,8)/b;2-1+. The molecule has 0 spiro atoms. The maximum absolute atomic E-state index is 9.55. The molecule has 0 amide bonds. The van der Waals surface area contributed by atoms with Crippen LogP contribution < -0.4 is 5.73 Å². The van der Waals surface area contributed by atoms with Crippen molar-refractivity contribution in [2.45, 2.75) is 6.42 Å². The minimum Gasteiger partial charge on any atom is -0.478 e. The largest absolute Gasteiger partial charge is 0.478 e. The molecule has 130 valence electrons. The van der Waals surface area contributed by atoms with Crippen LogP contribution in [0.4, 0.5) is 5.13 Å². The minimum atomic E-state index is -1.26. The van der Waals surface area contributed by atoms with Crippen LogP contribution in [0.1, 0.15) is 12.1 Å². The highest BCUT2D eigenvalue weighted by Crippen LogP contribution is 2.32. The van der Waals surface area contributed by atoms with Gasteiger partial charge in [0.1, 0.15) is 4.34 Å². The van der Waals surface area contributed by atoms with Gasteiger partial charge in [-0.15, -0.1) is 6.58 Å². The molecule has 2 heterocycles. The van der Waals surface area contributed by atoms with Gasteiger partial charge >= 0.3 is 11.9 Å². The van der Waals surface area contributed by atoms with Crippen LogP contribution in [0.5, 0.6) is 0 Å². The summed E-state index contributed by atoms with van der Waals surface area (Å²) in [7, 11) is 0. The monoisotopic (exact) mass is 371 g/mol. The minimum absolute atomic E-state index is 0.529. The number of carboxylic acid groups (broad SMARTS) is 2. The van der Waals surface area contributed by atoms with E-state index in [0.29, 0.717) is 21.6 Å². The molecule has 1 aromatic heterocycles. The van der Waals surface area contributed by atoms with Gasteiger partial charge in [0.25, 0.3) is 0 Å². The summed E-state index contributed by atoms with van der Waals surface area (Å²) in [6.07, 6.45) is 6.25. The summed E-state index contributed by atoms with van der Waals surface area (Å²) in [6, 6.07) is 0. The average molecular weight is 372 g/mol. The van der Waals surface area contributed by atoms with E-state index in [0.717, 1.165) is 31.7 Å². The summed E-state index contributed by atoms with van der Waals surface area (Å²) in [5, 5.41) is 16.2. The molecule has 0 radical (unpaired) electrons.